The average molecular weight is 491 g/mol. The molecule has 0 spiro atoms. The van der Waals surface area contributed by atoms with Gasteiger partial charge in [-0.1, -0.05) is 18.2 Å². The van der Waals surface area contributed by atoms with Gasteiger partial charge in [0.15, 0.2) is 3.77 Å². The van der Waals surface area contributed by atoms with E-state index in [1.54, 1.807) is 6.21 Å². The molecule has 144 valence electrons. The molecular formula is C18H18IN7O2. The van der Waals surface area contributed by atoms with Crippen molar-refractivity contribution in [3.05, 3.63) is 52.0 Å². The third kappa shape index (κ3) is 4.95. The number of para-hydroxylation sites is 1. The fourth-order valence-corrected chi connectivity index (χ4v) is 3.01. The summed E-state index contributed by atoms with van der Waals surface area (Å²) in [6.07, 6.45) is 1.57. The van der Waals surface area contributed by atoms with Crippen LogP contribution in [0.1, 0.15) is 5.76 Å². The number of hydrazone groups is 1. The highest BCUT2D eigenvalue weighted by Crippen LogP contribution is 2.18. The van der Waals surface area contributed by atoms with Gasteiger partial charge in [-0.2, -0.15) is 20.1 Å². The van der Waals surface area contributed by atoms with Crippen LogP contribution in [0.5, 0.6) is 0 Å². The number of ether oxygens (including phenoxy) is 1. The quantitative estimate of drug-likeness (QED) is 0.308. The molecule has 9 nitrogen and oxygen atoms in total. The lowest BCUT2D eigenvalue weighted by Crippen LogP contribution is -2.37. The SMILES string of the molecule is Ic1ccc(/C=N\Nc2nc(Nc3ccccc3)nc(N3CCOCC3)n2)o1. The number of furan rings is 1. The standard InChI is InChI=1S/C18H18IN7O2/c19-15-7-6-14(28-15)12-20-25-17-22-16(21-13-4-2-1-3-5-13)23-18(24-17)26-8-10-27-11-9-26/h1-7,12H,8-11H2,(H2,21,22,23,24,25)/b20-12-. The summed E-state index contributed by atoms with van der Waals surface area (Å²) < 4.78 is 11.7. The average Bonchev–Trinajstić information content (AvgIpc) is 3.14. The van der Waals surface area contributed by atoms with Gasteiger partial charge in [0.05, 0.1) is 19.4 Å². The van der Waals surface area contributed by atoms with Gasteiger partial charge < -0.3 is 19.4 Å². The minimum Gasteiger partial charge on any atom is -0.449 e. The van der Waals surface area contributed by atoms with Crippen molar-refractivity contribution in [2.75, 3.05) is 41.9 Å². The van der Waals surface area contributed by atoms with Gasteiger partial charge in [-0.3, -0.25) is 0 Å². The molecule has 2 N–H and O–H groups in total. The molecule has 1 aliphatic rings. The summed E-state index contributed by atoms with van der Waals surface area (Å²) in [4.78, 5) is 15.5. The van der Waals surface area contributed by atoms with E-state index in [9.17, 15) is 0 Å². The first-order chi connectivity index (χ1) is 13.8. The molecule has 0 unspecified atom stereocenters. The van der Waals surface area contributed by atoms with E-state index >= 15 is 0 Å². The lowest BCUT2D eigenvalue weighted by Gasteiger charge is -2.27. The fourth-order valence-electron chi connectivity index (χ4n) is 2.58. The molecule has 0 saturated carbocycles. The molecule has 1 aromatic carbocycles. The van der Waals surface area contributed by atoms with Crippen molar-refractivity contribution >= 4 is 52.3 Å². The van der Waals surface area contributed by atoms with Crippen LogP contribution in [0.4, 0.5) is 23.5 Å². The molecule has 3 aromatic rings. The largest absolute Gasteiger partial charge is 0.449 e. The van der Waals surface area contributed by atoms with Crippen LogP contribution in [0.15, 0.2) is 52.0 Å². The van der Waals surface area contributed by atoms with Gasteiger partial charge in [0, 0.05) is 18.8 Å². The van der Waals surface area contributed by atoms with E-state index in [-0.39, 0.29) is 0 Å². The number of aromatic nitrogens is 3. The van der Waals surface area contributed by atoms with Gasteiger partial charge >= 0.3 is 0 Å². The lowest BCUT2D eigenvalue weighted by atomic mass is 10.3. The summed E-state index contributed by atoms with van der Waals surface area (Å²) in [6, 6.07) is 13.4. The summed E-state index contributed by atoms with van der Waals surface area (Å²) in [6.45, 7) is 2.74. The first-order valence-corrected chi connectivity index (χ1v) is 9.79. The number of hydrogen-bond acceptors (Lipinski definition) is 9. The molecule has 1 fully saturated rings. The Hall–Kier alpha value is -2.73. The van der Waals surface area contributed by atoms with E-state index in [0.29, 0.717) is 36.8 Å². The van der Waals surface area contributed by atoms with Crippen molar-refractivity contribution in [2.45, 2.75) is 0 Å². The van der Waals surface area contributed by atoms with E-state index in [1.807, 2.05) is 42.5 Å². The Morgan fingerprint density at radius 3 is 2.54 bits per heavy atom. The smallest absolute Gasteiger partial charge is 0.250 e. The summed E-state index contributed by atoms with van der Waals surface area (Å²) in [5.74, 6) is 1.99. The highest BCUT2D eigenvalue weighted by atomic mass is 127. The van der Waals surface area contributed by atoms with Crippen molar-refractivity contribution in [3.63, 3.8) is 0 Å². The van der Waals surface area contributed by atoms with Crippen LogP contribution in [0.25, 0.3) is 0 Å². The number of hydrogen-bond donors (Lipinski definition) is 2. The second kappa shape index (κ2) is 8.97. The van der Waals surface area contributed by atoms with Crippen molar-refractivity contribution < 1.29 is 9.15 Å². The molecule has 1 saturated heterocycles. The van der Waals surface area contributed by atoms with Gasteiger partial charge in [-0.15, -0.1) is 0 Å². The van der Waals surface area contributed by atoms with E-state index in [0.717, 1.165) is 22.5 Å². The van der Waals surface area contributed by atoms with E-state index < -0.39 is 0 Å². The van der Waals surface area contributed by atoms with Crippen LogP contribution in [0, 0.1) is 3.77 Å². The van der Waals surface area contributed by atoms with Gasteiger partial charge in [-0.05, 0) is 46.9 Å². The predicted octanol–water partition coefficient (Wildman–Crippen LogP) is 3.10. The van der Waals surface area contributed by atoms with Gasteiger partial charge in [0.2, 0.25) is 17.8 Å². The zero-order valence-corrected chi connectivity index (χ0v) is 17.0. The number of benzene rings is 1. The zero-order valence-electron chi connectivity index (χ0n) is 14.9. The Morgan fingerprint density at radius 1 is 1.00 bits per heavy atom. The highest BCUT2D eigenvalue weighted by molar-refractivity contribution is 14.1. The van der Waals surface area contributed by atoms with E-state index in [1.165, 1.54) is 0 Å². The van der Waals surface area contributed by atoms with Crippen molar-refractivity contribution in [2.24, 2.45) is 5.10 Å². The van der Waals surface area contributed by atoms with Crippen molar-refractivity contribution in [1.82, 2.24) is 15.0 Å². The molecule has 0 amide bonds. The topological polar surface area (TPSA) is 101 Å². The Bertz CT molecular complexity index is 942. The zero-order chi connectivity index (χ0) is 19.2. The summed E-state index contributed by atoms with van der Waals surface area (Å²) >= 11 is 2.10. The van der Waals surface area contributed by atoms with Crippen LogP contribution in [0.2, 0.25) is 0 Å². The van der Waals surface area contributed by atoms with Crippen LogP contribution in [-0.2, 0) is 4.74 Å². The normalized spacial score (nSPS) is 14.4. The van der Waals surface area contributed by atoms with Crippen molar-refractivity contribution in [3.8, 4) is 0 Å². The number of nitrogens with one attached hydrogen (secondary N) is 2. The molecule has 0 radical (unpaired) electrons. The van der Waals surface area contributed by atoms with E-state index in [2.05, 4.69) is 58.3 Å². The van der Waals surface area contributed by atoms with Crippen LogP contribution in [-0.4, -0.2) is 47.5 Å². The third-order valence-electron chi connectivity index (χ3n) is 3.90. The number of anilines is 4. The molecule has 0 aliphatic carbocycles. The maximum Gasteiger partial charge on any atom is 0.250 e. The van der Waals surface area contributed by atoms with Crippen LogP contribution < -0.4 is 15.6 Å². The lowest BCUT2D eigenvalue weighted by molar-refractivity contribution is 0.122. The predicted molar refractivity (Wildman–Crippen MR) is 115 cm³/mol. The second-order valence-electron chi connectivity index (χ2n) is 5.88. The van der Waals surface area contributed by atoms with Crippen LogP contribution >= 0.6 is 22.6 Å². The van der Waals surface area contributed by atoms with Crippen molar-refractivity contribution in [1.29, 1.82) is 0 Å². The number of halogens is 1. The Morgan fingerprint density at radius 2 is 1.79 bits per heavy atom. The Labute approximate surface area is 175 Å². The van der Waals surface area contributed by atoms with Gasteiger partial charge in [0.25, 0.3) is 0 Å². The maximum absolute atomic E-state index is 5.45. The maximum atomic E-state index is 5.45. The Balaban J connectivity index is 1.56. The molecule has 10 heteroatoms. The second-order valence-corrected chi connectivity index (χ2v) is 6.95. The summed E-state index contributed by atoms with van der Waals surface area (Å²) in [7, 11) is 0. The molecule has 4 rings (SSSR count). The molecule has 0 atom stereocenters. The molecule has 1 aliphatic heterocycles. The van der Waals surface area contributed by atoms with Crippen LogP contribution in [0.3, 0.4) is 0 Å². The summed E-state index contributed by atoms with van der Waals surface area (Å²) in [5.41, 5.74) is 3.74. The van der Waals surface area contributed by atoms with E-state index in [4.69, 9.17) is 9.15 Å². The number of nitrogens with zero attached hydrogens (tertiary/aromatic N) is 5. The van der Waals surface area contributed by atoms with Gasteiger partial charge in [-0.25, -0.2) is 5.43 Å². The molecule has 3 heterocycles. The summed E-state index contributed by atoms with van der Waals surface area (Å²) in [5, 5.41) is 7.37. The monoisotopic (exact) mass is 491 g/mol. The third-order valence-corrected chi connectivity index (χ3v) is 4.48. The Kier molecular flexibility index (Phi) is 5.97. The first-order valence-electron chi connectivity index (χ1n) is 8.71. The first kappa shape index (κ1) is 18.6. The fraction of sp³-hybridized carbons (Fsp3) is 0.222. The molecule has 28 heavy (non-hydrogen) atoms. The highest BCUT2D eigenvalue weighted by Gasteiger charge is 2.16. The minimum atomic E-state index is 0.340. The molecular weight excluding hydrogens is 473 g/mol. The molecule has 2 aromatic heterocycles. The number of rotatable bonds is 6. The molecule has 0 bridgehead atoms. The number of morpholine rings is 1. The van der Waals surface area contributed by atoms with Gasteiger partial charge in [0.1, 0.15) is 5.76 Å². The minimum absolute atomic E-state index is 0.340.